The van der Waals surface area contributed by atoms with Crippen LogP contribution in [0.4, 0.5) is 17.3 Å². The number of hydrogen-bond acceptors (Lipinski definition) is 7. The standard InChI is InChI=1S/C11H20N6O/c12-9-10(13)15-6-16-11(9)17(14)8-3-1-2-7(4-8)5-18/h6-8,18H,1-5,12,14H2,(H2,13,15,16). The van der Waals surface area contributed by atoms with Gasteiger partial charge in [-0.1, -0.05) is 6.42 Å². The van der Waals surface area contributed by atoms with Gasteiger partial charge < -0.3 is 16.6 Å². The van der Waals surface area contributed by atoms with Crippen LogP contribution < -0.4 is 22.3 Å². The zero-order valence-corrected chi connectivity index (χ0v) is 10.3. The van der Waals surface area contributed by atoms with Crippen molar-refractivity contribution in [1.29, 1.82) is 0 Å². The molecule has 1 aliphatic rings. The highest BCUT2D eigenvalue weighted by molar-refractivity contribution is 5.72. The molecular weight excluding hydrogens is 232 g/mol. The number of nitrogen functional groups attached to an aromatic ring is 2. The molecule has 2 unspecified atom stereocenters. The van der Waals surface area contributed by atoms with Crippen LogP contribution in [0, 0.1) is 5.92 Å². The third-order valence-electron chi connectivity index (χ3n) is 3.54. The van der Waals surface area contributed by atoms with E-state index in [0.29, 0.717) is 17.4 Å². The fourth-order valence-electron chi connectivity index (χ4n) is 2.46. The number of aromatic nitrogens is 2. The molecule has 7 N–H and O–H groups in total. The zero-order valence-electron chi connectivity index (χ0n) is 10.3. The van der Waals surface area contributed by atoms with Gasteiger partial charge in [0.2, 0.25) is 0 Å². The van der Waals surface area contributed by atoms with Gasteiger partial charge in [0.05, 0.1) is 0 Å². The molecule has 7 nitrogen and oxygen atoms in total. The number of anilines is 3. The molecule has 0 aromatic carbocycles. The Morgan fingerprint density at radius 1 is 1.33 bits per heavy atom. The van der Waals surface area contributed by atoms with E-state index in [0.717, 1.165) is 25.7 Å². The maximum absolute atomic E-state index is 9.23. The first-order valence-corrected chi connectivity index (χ1v) is 6.14. The van der Waals surface area contributed by atoms with Gasteiger partial charge in [0, 0.05) is 12.6 Å². The van der Waals surface area contributed by atoms with Gasteiger partial charge in [0.15, 0.2) is 11.6 Å². The highest BCUT2D eigenvalue weighted by Crippen LogP contribution is 2.31. The Labute approximate surface area is 106 Å². The van der Waals surface area contributed by atoms with E-state index in [9.17, 15) is 5.11 Å². The number of aliphatic hydroxyl groups is 1. The summed E-state index contributed by atoms with van der Waals surface area (Å²) in [6.45, 7) is 0.200. The first-order valence-electron chi connectivity index (χ1n) is 6.14. The van der Waals surface area contributed by atoms with Gasteiger partial charge in [-0.3, -0.25) is 5.01 Å². The molecule has 0 bridgehead atoms. The van der Waals surface area contributed by atoms with Gasteiger partial charge in [-0.2, -0.15) is 0 Å². The molecule has 0 spiro atoms. The van der Waals surface area contributed by atoms with Gasteiger partial charge in [-0.05, 0) is 25.2 Å². The molecule has 0 radical (unpaired) electrons. The van der Waals surface area contributed by atoms with Gasteiger partial charge in [0.25, 0.3) is 0 Å². The largest absolute Gasteiger partial charge is 0.396 e. The number of hydrazine groups is 1. The lowest BCUT2D eigenvalue weighted by Gasteiger charge is -2.35. The highest BCUT2D eigenvalue weighted by atomic mass is 16.3. The number of hydrogen-bond donors (Lipinski definition) is 4. The summed E-state index contributed by atoms with van der Waals surface area (Å²) >= 11 is 0. The Kier molecular flexibility index (Phi) is 3.83. The average Bonchev–Trinajstić information content (AvgIpc) is 2.41. The summed E-state index contributed by atoms with van der Waals surface area (Å²) in [6.07, 6.45) is 5.26. The summed E-state index contributed by atoms with van der Waals surface area (Å²) in [4.78, 5) is 7.90. The molecule has 7 heteroatoms. The van der Waals surface area contributed by atoms with Gasteiger partial charge >= 0.3 is 0 Å². The molecule has 0 saturated heterocycles. The van der Waals surface area contributed by atoms with Crippen LogP contribution >= 0.6 is 0 Å². The second-order valence-electron chi connectivity index (χ2n) is 4.77. The summed E-state index contributed by atoms with van der Waals surface area (Å²) in [5.41, 5.74) is 11.8. The quantitative estimate of drug-likeness (QED) is 0.436. The van der Waals surface area contributed by atoms with Crippen LogP contribution in [0.15, 0.2) is 6.33 Å². The predicted octanol–water partition coefficient (Wildman–Crippen LogP) is -0.128. The molecule has 2 atom stereocenters. The summed E-state index contributed by atoms with van der Waals surface area (Å²) in [7, 11) is 0. The second-order valence-corrected chi connectivity index (χ2v) is 4.77. The minimum Gasteiger partial charge on any atom is -0.396 e. The molecule has 1 fully saturated rings. The topological polar surface area (TPSA) is 127 Å². The van der Waals surface area contributed by atoms with E-state index in [4.69, 9.17) is 17.3 Å². The van der Waals surface area contributed by atoms with Crippen LogP contribution in [-0.2, 0) is 0 Å². The molecule has 0 aliphatic heterocycles. The Balaban J connectivity index is 2.15. The van der Waals surface area contributed by atoms with E-state index in [1.54, 1.807) is 5.01 Å². The zero-order chi connectivity index (χ0) is 13.1. The third-order valence-corrected chi connectivity index (χ3v) is 3.54. The van der Waals surface area contributed by atoms with E-state index in [-0.39, 0.29) is 18.5 Å². The van der Waals surface area contributed by atoms with Crippen molar-refractivity contribution in [2.24, 2.45) is 11.8 Å². The van der Waals surface area contributed by atoms with E-state index in [1.165, 1.54) is 6.33 Å². The minimum absolute atomic E-state index is 0.132. The van der Waals surface area contributed by atoms with Crippen molar-refractivity contribution in [3.63, 3.8) is 0 Å². The van der Waals surface area contributed by atoms with E-state index < -0.39 is 0 Å². The van der Waals surface area contributed by atoms with Crippen molar-refractivity contribution < 1.29 is 5.11 Å². The summed E-state index contributed by atoms with van der Waals surface area (Å²) in [5, 5.41) is 10.8. The summed E-state index contributed by atoms with van der Waals surface area (Å²) in [6, 6.07) is 0.132. The SMILES string of the molecule is Nc1ncnc(N(N)C2CCCC(CO)C2)c1N. The van der Waals surface area contributed by atoms with Crippen molar-refractivity contribution in [2.45, 2.75) is 31.7 Å². The number of nitrogens with two attached hydrogens (primary N) is 3. The fourth-order valence-corrected chi connectivity index (χ4v) is 2.46. The fraction of sp³-hybridized carbons (Fsp3) is 0.636. The predicted molar refractivity (Wildman–Crippen MR) is 70.4 cm³/mol. The molecule has 18 heavy (non-hydrogen) atoms. The van der Waals surface area contributed by atoms with E-state index >= 15 is 0 Å². The lowest BCUT2D eigenvalue weighted by atomic mass is 9.86. The average molecular weight is 252 g/mol. The van der Waals surface area contributed by atoms with Crippen LogP contribution in [0.1, 0.15) is 25.7 Å². The second kappa shape index (κ2) is 5.36. The number of nitrogens with zero attached hydrogens (tertiary/aromatic N) is 3. The number of rotatable bonds is 3. The van der Waals surface area contributed by atoms with Crippen LogP contribution in [-0.4, -0.2) is 27.7 Å². The monoisotopic (exact) mass is 252 g/mol. The Hall–Kier alpha value is -1.60. The molecular formula is C11H20N6O. The maximum Gasteiger partial charge on any atom is 0.171 e. The molecule has 2 rings (SSSR count). The molecule has 1 aliphatic carbocycles. The summed E-state index contributed by atoms with van der Waals surface area (Å²) in [5.74, 6) is 7.09. The molecule has 0 amide bonds. The van der Waals surface area contributed by atoms with Crippen molar-refractivity contribution in [3.8, 4) is 0 Å². The highest BCUT2D eigenvalue weighted by Gasteiger charge is 2.27. The van der Waals surface area contributed by atoms with Crippen molar-refractivity contribution in [1.82, 2.24) is 9.97 Å². The van der Waals surface area contributed by atoms with E-state index in [1.807, 2.05) is 0 Å². The molecule has 1 saturated carbocycles. The Morgan fingerprint density at radius 2 is 2.11 bits per heavy atom. The molecule has 1 aromatic rings. The number of aliphatic hydroxyl groups excluding tert-OH is 1. The van der Waals surface area contributed by atoms with Crippen LogP contribution in [0.2, 0.25) is 0 Å². The van der Waals surface area contributed by atoms with Crippen LogP contribution in [0.3, 0.4) is 0 Å². The van der Waals surface area contributed by atoms with Crippen molar-refractivity contribution >= 4 is 17.3 Å². The molecule has 1 aromatic heterocycles. The molecule has 1 heterocycles. The Morgan fingerprint density at radius 3 is 2.83 bits per heavy atom. The van der Waals surface area contributed by atoms with Crippen molar-refractivity contribution in [2.75, 3.05) is 23.1 Å². The third kappa shape index (κ3) is 2.46. The normalized spacial score (nSPS) is 23.9. The lowest BCUT2D eigenvalue weighted by molar-refractivity contribution is 0.178. The minimum atomic E-state index is 0.132. The Bertz CT molecular complexity index is 413. The lowest BCUT2D eigenvalue weighted by Crippen LogP contribution is -2.45. The smallest absolute Gasteiger partial charge is 0.171 e. The van der Waals surface area contributed by atoms with Crippen LogP contribution in [0.5, 0.6) is 0 Å². The van der Waals surface area contributed by atoms with Gasteiger partial charge in [-0.25, -0.2) is 15.8 Å². The molecule has 100 valence electrons. The van der Waals surface area contributed by atoms with Crippen molar-refractivity contribution in [3.05, 3.63) is 6.33 Å². The van der Waals surface area contributed by atoms with Gasteiger partial charge in [-0.15, -0.1) is 0 Å². The summed E-state index contributed by atoms with van der Waals surface area (Å²) < 4.78 is 0. The van der Waals surface area contributed by atoms with E-state index in [2.05, 4.69) is 9.97 Å². The van der Waals surface area contributed by atoms with Gasteiger partial charge in [0.1, 0.15) is 12.0 Å². The maximum atomic E-state index is 9.23. The first-order chi connectivity index (χ1) is 8.63. The first kappa shape index (κ1) is 12.8. The van der Waals surface area contributed by atoms with Crippen LogP contribution in [0.25, 0.3) is 0 Å².